The Balaban J connectivity index is 1.43. The van der Waals surface area contributed by atoms with E-state index in [9.17, 15) is 9.59 Å². The van der Waals surface area contributed by atoms with Crippen LogP contribution < -0.4 is 10.1 Å². The summed E-state index contributed by atoms with van der Waals surface area (Å²) in [4.78, 5) is 24.0. The molecular formula is C19H25NO4. The second-order valence-corrected chi connectivity index (χ2v) is 6.78. The number of esters is 1. The molecule has 3 atom stereocenters. The van der Waals surface area contributed by atoms with Crippen molar-refractivity contribution in [3.8, 4) is 5.75 Å². The molecule has 5 nitrogen and oxygen atoms in total. The third kappa shape index (κ3) is 4.08. The van der Waals surface area contributed by atoms with Gasteiger partial charge >= 0.3 is 5.97 Å². The molecule has 3 rings (SSSR count). The van der Waals surface area contributed by atoms with Crippen LogP contribution in [-0.4, -0.2) is 25.1 Å². The number of para-hydroxylation sites is 2. The van der Waals surface area contributed by atoms with E-state index in [0.717, 1.165) is 12.3 Å². The van der Waals surface area contributed by atoms with Crippen LogP contribution in [0, 0.1) is 17.8 Å². The van der Waals surface area contributed by atoms with Crippen LogP contribution in [0.4, 0.5) is 5.69 Å². The van der Waals surface area contributed by atoms with Gasteiger partial charge in [-0.05, 0) is 56.1 Å². The van der Waals surface area contributed by atoms with Crippen LogP contribution in [-0.2, 0) is 14.3 Å². The van der Waals surface area contributed by atoms with Crippen LogP contribution in [0.1, 0.15) is 39.0 Å². The predicted octanol–water partition coefficient (Wildman–Crippen LogP) is 3.39. The van der Waals surface area contributed by atoms with Gasteiger partial charge in [-0.25, -0.2) is 0 Å². The van der Waals surface area contributed by atoms with Gasteiger partial charge < -0.3 is 14.8 Å². The van der Waals surface area contributed by atoms with Crippen molar-refractivity contribution in [3.63, 3.8) is 0 Å². The number of amides is 1. The zero-order valence-corrected chi connectivity index (χ0v) is 14.1. The molecule has 0 aliphatic heterocycles. The Bertz CT molecular complexity index is 601. The molecule has 1 aromatic carbocycles. The maximum Gasteiger partial charge on any atom is 0.306 e. The number of anilines is 1. The van der Waals surface area contributed by atoms with Gasteiger partial charge in [-0.15, -0.1) is 0 Å². The summed E-state index contributed by atoms with van der Waals surface area (Å²) >= 11 is 0. The quantitative estimate of drug-likeness (QED) is 0.778. The third-order valence-corrected chi connectivity index (χ3v) is 5.14. The fourth-order valence-electron chi connectivity index (χ4n) is 4.08. The number of ether oxygens (including phenoxy) is 2. The van der Waals surface area contributed by atoms with E-state index in [1.807, 2.05) is 19.1 Å². The van der Waals surface area contributed by atoms with Gasteiger partial charge in [0, 0.05) is 6.42 Å². The number of benzene rings is 1. The van der Waals surface area contributed by atoms with Crippen LogP contribution in [0.5, 0.6) is 5.75 Å². The van der Waals surface area contributed by atoms with Gasteiger partial charge in [-0.2, -0.15) is 0 Å². The highest BCUT2D eigenvalue weighted by Crippen LogP contribution is 2.49. The summed E-state index contributed by atoms with van der Waals surface area (Å²) in [6.45, 7) is 2.15. The van der Waals surface area contributed by atoms with Gasteiger partial charge in [0.05, 0.1) is 12.3 Å². The molecule has 2 fully saturated rings. The van der Waals surface area contributed by atoms with Gasteiger partial charge in [0.2, 0.25) is 0 Å². The second-order valence-electron chi connectivity index (χ2n) is 6.78. The molecule has 130 valence electrons. The van der Waals surface area contributed by atoms with E-state index in [1.165, 1.54) is 19.3 Å². The number of carbonyl (C=O) groups is 2. The number of fused-ring (bicyclic) bond motifs is 2. The Kier molecular flexibility index (Phi) is 5.38. The third-order valence-electron chi connectivity index (χ3n) is 5.14. The standard InChI is InChI=1S/C19H25NO4/c1-2-23-17-6-4-3-5-16(17)20-18(21)12-24-19(22)11-15-10-13-7-8-14(15)9-13/h3-6,13-15H,2,7-12H2,1H3,(H,20,21)/t13-,14+,15-/m0/s1. The molecule has 1 N–H and O–H groups in total. The lowest BCUT2D eigenvalue weighted by molar-refractivity contribution is -0.148. The molecule has 5 heteroatoms. The minimum Gasteiger partial charge on any atom is -0.492 e. The van der Waals surface area contributed by atoms with Crippen molar-refractivity contribution in [2.24, 2.45) is 17.8 Å². The average molecular weight is 331 g/mol. The lowest BCUT2D eigenvalue weighted by Crippen LogP contribution is -2.23. The van der Waals surface area contributed by atoms with Crippen LogP contribution >= 0.6 is 0 Å². The number of nitrogens with one attached hydrogen (secondary N) is 1. The fraction of sp³-hybridized carbons (Fsp3) is 0.579. The molecule has 1 amide bonds. The monoisotopic (exact) mass is 331 g/mol. The minimum absolute atomic E-state index is 0.250. The molecule has 1 aromatic rings. The Morgan fingerprint density at radius 2 is 2.04 bits per heavy atom. The molecule has 0 unspecified atom stereocenters. The van der Waals surface area contributed by atoms with E-state index in [4.69, 9.17) is 9.47 Å². The van der Waals surface area contributed by atoms with Gasteiger partial charge in [0.1, 0.15) is 5.75 Å². The maximum atomic E-state index is 12.0. The van der Waals surface area contributed by atoms with Crippen LogP contribution in [0.2, 0.25) is 0 Å². The van der Waals surface area contributed by atoms with Crippen molar-refractivity contribution in [1.82, 2.24) is 0 Å². The van der Waals surface area contributed by atoms with Crippen LogP contribution in [0.15, 0.2) is 24.3 Å². The molecule has 24 heavy (non-hydrogen) atoms. The molecule has 0 radical (unpaired) electrons. The van der Waals surface area contributed by atoms with Crippen molar-refractivity contribution in [3.05, 3.63) is 24.3 Å². The fourth-order valence-corrected chi connectivity index (χ4v) is 4.08. The van der Waals surface area contributed by atoms with E-state index < -0.39 is 0 Å². The first-order chi connectivity index (χ1) is 11.7. The van der Waals surface area contributed by atoms with Gasteiger partial charge in [-0.3, -0.25) is 9.59 Å². The van der Waals surface area contributed by atoms with E-state index in [-0.39, 0.29) is 18.5 Å². The van der Waals surface area contributed by atoms with Crippen LogP contribution in [0.3, 0.4) is 0 Å². The lowest BCUT2D eigenvalue weighted by atomic mass is 9.86. The van der Waals surface area contributed by atoms with Crippen molar-refractivity contribution in [1.29, 1.82) is 0 Å². The average Bonchev–Trinajstić information content (AvgIpc) is 3.18. The van der Waals surface area contributed by atoms with Crippen molar-refractivity contribution in [2.75, 3.05) is 18.5 Å². The summed E-state index contributed by atoms with van der Waals surface area (Å²) in [5.41, 5.74) is 0.591. The summed E-state index contributed by atoms with van der Waals surface area (Å²) in [7, 11) is 0. The highest BCUT2D eigenvalue weighted by atomic mass is 16.5. The molecule has 0 saturated heterocycles. The Hall–Kier alpha value is -2.04. The first-order valence-electron chi connectivity index (χ1n) is 8.83. The topological polar surface area (TPSA) is 64.6 Å². The molecule has 2 aliphatic rings. The van der Waals surface area contributed by atoms with Crippen molar-refractivity contribution >= 4 is 17.6 Å². The Morgan fingerprint density at radius 1 is 1.21 bits per heavy atom. The number of rotatable bonds is 7. The highest BCUT2D eigenvalue weighted by molar-refractivity contribution is 5.94. The molecule has 2 aliphatic carbocycles. The van der Waals surface area contributed by atoms with E-state index >= 15 is 0 Å². The molecule has 2 bridgehead atoms. The molecule has 0 spiro atoms. The molecular weight excluding hydrogens is 306 g/mol. The summed E-state index contributed by atoms with van der Waals surface area (Å²) in [5.74, 6) is 1.96. The predicted molar refractivity (Wildman–Crippen MR) is 90.8 cm³/mol. The molecule has 0 heterocycles. The van der Waals surface area contributed by atoms with Crippen LogP contribution in [0.25, 0.3) is 0 Å². The van der Waals surface area contributed by atoms with Gasteiger partial charge in [-0.1, -0.05) is 18.6 Å². The highest BCUT2D eigenvalue weighted by Gasteiger charge is 2.40. The minimum atomic E-state index is -0.344. The number of carbonyl (C=O) groups excluding carboxylic acids is 2. The maximum absolute atomic E-state index is 12.0. The van der Waals surface area contributed by atoms with Crippen molar-refractivity contribution in [2.45, 2.75) is 39.0 Å². The van der Waals surface area contributed by atoms with E-state index in [1.54, 1.807) is 12.1 Å². The van der Waals surface area contributed by atoms with E-state index in [2.05, 4.69) is 5.32 Å². The van der Waals surface area contributed by atoms with Gasteiger partial charge in [0.25, 0.3) is 5.91 Å². The Labute approximate surface area is 142 Å². The zero-order chi connectivity index (χ0) is 16.9. The summed E-state index contributed by atoms with van der Waals surface area (Å²) < 4.78 is 10.6. The van der Waals surface area contributed by atoms with Crippen molar-refractivity contribution < 1.29 is 19.1 Å². The zero-order valence-electron chi connectivity index (χ0n) is 14.1. The second kappa shape index (κ2) is 7.69. The smallest absolute Gasteiger partial charge is 0.306 e. The Morgan fingerprint density at radius 3 is 2.75 bits per heavy atom. The first kappa shape index (κ1) is 16.8. The lowest BCUT2D eigenvalue weighted by Gasteiger charge is -2.20. The normalized spacial score (nSPS) is 24.6. The van der Waals surface area contributed by atoms with E-state index in [0.29, 0.717) is 36.3 Å². The summed E-state index contributed by atoms with van der Waals surface area (Å²) in [6, 6.07) is 7.22. The summed E-state index contributed by atoms with van der Waals surface area (Å²) in [6.07, 6.45) is 5.43. The first-order valence-corrected chi connectivity index (χ1v) is 8.83. The summed E-state index contributed by atoms with van der Waals surface area (Å²) in [5, 5.41) is 2.73. The SMILES string of the molecule is CCOc1ccccc1NC(=O)COC(=O)C[C@@H]1C[C@H]2CC[C@@H]1C2. The molecule has 2 saturated carbocycles. The molecule has 0 aromatic heterocycles. The van der Waals surface area contributed by atoms with Gasteiger partial charge in [0.15, 0.2) is 6.61 Å². The number of hydrogen-bond donors (Lipinski definition) is 1. The number of hydrogen-bond acceptors (Lipinski definition) is 4. The largest absolute Gasteiger partial charge is 0.492 e.